The van der Waals surface area contributed by atoms with Gasteiger partial charge in [0.15, 0.2) is 0 Å². The molecule has 5 nitrogen and oxygen atoms in total. The average molecular weight is 334 g/mol. The molecule has 0 saturated carbocycles. The summed E-state index contributed by atoms with van der Waals surface area (Å²) in [7, 11) is -3.54. The average Bonchev–Trinajstić information content (AvgIpc) is 2.44. The molecule has 0 aliphatic carbocycles. The summed E-state index contributed by atoms with van der Waals surface area (Å²) in [5, 5.41) is 0. The Balaban J connectivity index is 2.22. The van der Waals surface area contributed by atoms with Gasteiger partial charge in [-0.05, 0) is 38.1 Å². The van der Waals surface area contributed by atoms with E-state index in [4.69, 9.17) is 21.1 Å². The molecule has 21 heavy (non-hydrogen) atoms. The standard InChI is InChI=1S/C14H20ClNO4S/c1-14(2)11-19-10-8-16(14)21(17,18)13-5-3-12(4-6-13)20-9-7-15/h3-6H,7-11H2,1-2H3. The van der Waals surface area contributed by atoms with Crippen LogP contribution in [0.25, 0.3) is 0 Å². The normalized spacial score (nSPS) is 19.4. The van der Waals surface area contributed by atoms with E-state index in [0.717, 1.165) is 0 Å². The van der Waals surface area contributed by atoms with Crippen LogP contribution in [0.5, 0.6) is 5.75 Å². The first-order chi connectivity index (χ1) is 9.88. The highest BCUT2D eigenvalue weighted by Gasteiger charge is 2.39. The third-order valence-corrected chi connectivity index (χ3v) is 5.61. The van der Waals surface area contributed by atoms with Gasteiger partial charge in [0.05, 0.1) is 29.5 Å². The maximum absolute atomic E-state index is 12.7. The molecule has 1 saturated heterocycles. The Kier molecular flexibility index (Phi) is 5.14. The maximum atomic E-state index is 12.7. The maximum Gasteiger partial charge on any atom is 0.243 e. The molecule has 1 aromatic carbocycles. The molecule has 0 spiro atoms. The first-order valence-electron chi connectivity index (χ1n) is 6.77. The Morgan fingerprint density at radius 2 is 2.00 bits per heavy atom. The molecular formula is C14H20ClNO4S. The van der Waals surface area contributed by atoms with Gasteiger partial charge >= 0.3 is 0 Å². The zero-order valence-electron chi connectivity index (χ0n) is 12.2. The summed E-state index contributed by atoms with van der Waals surface area (Å²) in [4.78, 5) is 0.260. The lowest BCUT2D eigenvalue weighted by molar-refractivity contribution is -0.00770. The molecule has 0 N–H and O–H groups in total. The van der Waals surface area contributed by atoms with Gasteiger partial charge in [-0.25, -0.2) is 8.42 Å². The van der Waals surface area contributed by atoms with Gasteiger partial charge in [-0.3, -0.25) is 0 Å². The van der Waals surface area contributed by atoms with Gasteiger partial charge in [0.25, 0.3) is 0 Å². The molecule has 2 rings (SSSR count). The molecule has 118 valence electrons. The number of benzene rings is 1. The highest BCUT2D eigenvalue weighted by Crippen LogP contribution is 2.28. The van der Waals surface area contributed by atoms with Crippen molar-refractivity contribution in [2.75, 3.05) is 32.2 Å². The van der Waals surface area contributed by atoms with Gasteiger partial charge in [0.1, 0.15) is 12.4 Å². The lowest BCUT2D eigenvalue weighted by Gasteiger charge is -2.40. The van der Waals surface area contributed by atoms with E-state index in [1.54, 1.807) is 24.3 Å². The first-order valence-corrected chi connectivity index (χ1v) is 8.75. The number of hydrogen-bond donors (Lipinski definition) is 0. The molecule has 1 fully saturated rings. The van der Waals surface area contributed by atoms with Crippen LogP contribution in [0.2, 0.25) is 0 Å². The number of nitrogens with zero attached hydrogens (tertiary/aromatic N) is 1. The van der Waals surface area contributed by atoms with Crippen LogP contribution >= 0.6 is 11.6 Å². The minimum atomic E-state index is -3.54. The second kappa shape index (κ2) is 6.52. The number of morpholine rings is 1. The van der Waals surface area contributed by atoms with Crippen molar-refractivity contribution >= 4 is 21.6 Å². The van der Waals surface area contributed by atoms with Crippen molar-refractivity contribution in [1.29, 1.82) is 0 Å². The molecule has 0 atom stereocenters. The number of ether oxygens (including phenoxy) is 2. The third-order valence-electron chi connectivity index (χ3n) is 3.33. The van der Waals surface area contributed by atoms with Gasteiger partial charge in [-0.2, -0.15) is 4.31 Å². The smallest absolute Gasteiger partial charge is 0.243 e. The fraction of sp³-hybridized carbons (Fsp3) is 0.571. The van der Waals surface area contributed by atoms with E-state index in [1.807, 2.05) is 13.8 Å². The van der Waals surface area contributed by atoms with E-state index < -0.39 is 15.6 Å². The van der Waals surface area contributed by atoms with Crippen molar-refractivity contribution in [2.24, 2.45) is 0 Å². The molecule has 0 radical (unpaired) electrons. The predicted octanol–water partition coefficient (Wildman–Crippen LogP) is 2.10. The Labute approximate surface area is 130 Å². The summed E-state index contributed by atoms with van der Waals surface area (Å²) in [6.07, 6.45) is 0. The molecule has 1 aliphatic rings. The SMILES string of the molecule is CC1(C)COCCN1S(=O)(=O)c1ccc(OCCCl)cc1. The van der Waals surface area contributed by atoms with Crippen molar-refractivity contribution in [1.82, 2.24) is 4.31 Å². The summed E-state index contributed by atoms with van der Waals surface area (Å²) >= 11 is 5.55. The highest BCUT2D eigenvalue weighted by molar-refractivity contribution is 7.89. The zero-order valence-corrected chi connectivity index (χ0v) is 13.8. The topological polar surface area (TPSA) is 55.8 Å². The van der Waals surface area contributed by atoms with Gasteiger partial charge in [0.2, 0.25) is 10.0 Å². The van der Waals surface area contributed by atoms with Crippen LogP contribution in [-0.4, -0.2) is 50.5 Å². The third kappa shape index (κ3) is 3.69. The summed E-state index contributed by atoms with van der Waals surface area (Å²) in [5.41, 5.74) is -0.551. The van der Waals surface area contributed by atoms with E-state index in [0.29, 0.717) is 38.0 Å². The quantitative estimate of drug-likeness (QED) is 0.774. The van der Waals surface area contributed by atoms with Crippen LogP contribution < -0.4 is 4.74 Å². The molecule has 1 aliphatic heterocycles. The first kappa shape index (κ1) is 16.5. The Morgan fingerprint density at radius 1 is 1.33 bits per heavy atom. The summed E-state index contributed by atoms with van der Waals surface area (Å²) < 4.78 is 37.7. The number of halogens is 1. The Morgan fingerprint density at radius 3 is 2.57 bits per heavy atom. The monoisotopic (exact) mass is 333 g/mol. The van der Waals surface area contributed by atoms with Gasteiger partial charge in [0, 0.05) is 6.54 Å². The number of sulfonamides is 1. The molecule has 1 aromatic rings. The van der Waals surface area contributed by atoms with E-state index in [1.165, 1.54) is 4.31 Å². The zero-order chi connectivity index (χ0) is 15.5. The fourth-order valence-electron chi connectivity index (χ4n) is 2.28. The van der Waals surface area contributed by atoms with Crippen molar-refractivity contribution in [3.05, 3.63) is 24.3 Å². The minimum absolute atomic E-state index is 0.260. The van der Waals surface area contributed by atoms with Crippen LogP contribution in [0.1, 0.15) is 13.8 Å². The van der Waals surface area contributed by atoms with E-state index in [9.17, 15) is 8.42 Å². The minimum Gasteiger partial charge on any atom is -0.492 e. The largest absolute Gasteiger partial charge is 0.492 e. The highest BCUT2D eigenvalue weighted by atomic mass is 35.5. The van der Waals surface area contributed by atoms with Crippen LogP contribution in [0, 0.1) is 0 Å². The van der Waals surface area contributed by atoms with Gasteiger partial charge in [-0.15, -0.1) is 11.6 Å². The number of rotatable bonds is 5. The molecule has 0 aromatic heterocycles. The summed E-state index contributed by atoms with van der Waals surface area (Å²) in [6.45, 7) is 5.29. The second-order valence-electron chi connectivity index (χ2n) is 5.45. The van der Waals surface area contributed by atoms with Crippen molar-refractivity contribution < 1.29 is 17.9 Å². The lowest BCUT2D eigenvalue weighted by atomic mass is 10.1. The Bertz CT molecular complexity index is 571. The summed E-state index contributed by atoms with van der Waals surface area (Å²) in [5.74, 6) is 0.998. The number of hydrogen-bond acceptors (Lipinski definition) is 4. The molecule has 1 heterocycles. The van der Waals surface area contributed by atoms with Gasteiger partial charge in [-0.1, -0.05) is 0 Å². The molecule has 0 bridgehead atoms. The van der Waals surface area contributed by atoms with Crippen LogP contribution in [0.15, 0.2) is 29.2 Å². The van der Waals surface area contributed by atoms with Crippen molar-refractivity contribution in [3.8, 4) is 5.75 Å². The number of alkyl halides is 1. The van der Waals surface area contributed by atoms with Crippen LogP contribution in [0.4, 0.5) is 0 Å². The van der Waals surface area contributed by atoms with Gasteiger partial charge < -0.3 is 9.47 Å². The van der Waals surface area contributed by atoms with Crippen molar-refractivity contribution in [2.45, 2.75) is 24.3 Å². The summed E-state index contributed by atoms with van der Waals surface area (Å²) in [6, 6.07) is 6.41. The second-order valence-corrected chi connectivity index (χ2v) is 7.69. The van der Waals surface area contributed by atoms with Crippen LogP contribution in [-0.2, 0) is 14.8 Å². The molecule has 0 unspecified atom stereocenters. The predicted molar refractivity (Wildman–Crippen MR) is 81.4 cm³/mol. The van der Waals surface area contributed by atoms with E-state index in [2.05, 4.69) is 0 Å². The lowest BCUT2D eigenvalue weighted by Crippen LogP contribution is -2.55. The van der Waals surface area contributed by atoms with Crippen LogP contribution in [0.3, 0.4) is 0 Å². The van der Waals surface area contributed by atoms with E-state index in [-0.39, 0.29) is 4.90 Å². The molecule has 7 heteroatoms. The molecular weight excluding hydrogens is 314 g/mol. The molecule has 0 amide bonds. The van der Waals surface area contributed by atoms with Crippen molar-refractivity contribution in [3.63, 3.8) is 0 Å². The fourth-order valence-corrected chi connectivity index (χ4v) is 4.11. The van der Waals surface area contributed by atoms with E-state index >= 15 is 0 Å². The Hall–Kier alpha value is -0.820.